The van der Waals surface area contributed by atoms with Crippen molar-refractivity contribution < 1.29 is 80.4 Å². The van der Waals surface area contributed by atoms with Gasteiger partial charge in [-0.1, -0.05) is 10.1 Å². The minimum absolute atomic E-state index is 0.0656. The van der Waals surface area contributed by atoms with Crippen LogP contribution in [0.1, 0.15) is 0 Å². The summed E-state index contributed by atoms with van der Waals surface area (Å²) in [5.74, 6) is -1.37. The van der Waals surface area contributed by atoms with Crippen molar-refractivity contribution in [2.24, 2.45) is 20.5 Å². The Balaban J connectivity index is 1.97. The molecule has 0 heterocycles. The molecule has 3 aromatic carbocycles. The average Bonchev–Trinajstić information content (AvgIpc) is 3.09. The molecule has 24 nitrogen and oxygen atoms in total. The average molecular weight is 867 g/mol. The fourth-order valence-electron chi connectivity index (χ4n) is 3.79. The molecular weight excluding hydrogens is 841 g/mol. The number of rotatable bonds is 21. The van der Waals surface area contributed by atoms with Crippen LogP contribution in [0.4, 0.5) is 34.1 Å². The summed E-state index contributed by atoms with van der Waals surface area (Å²) in [7, 11) is -17.1. The lowest BCUT2D eigenvalue weighted by Crippen LogP contribution is -2.12. The van der Waals surface area contributed by atoms with Crippen LogP contribution in [0, 0.1) is 0 Å². The molecule has 0 saturated carbocycles. The molecule has 0 aliphatic rings. The molecule has 0 atom stereocenters. The molecule has 7 N–H and O–H groups in total. The standard InChI is InChI=1S/C23H26N6O18S6/c1-25-20-12-16(24)19(28-26-17-4-2-14(10-22(17)52(36,37)38)50(32,33)8-6-42-48-46-44-30)13-21(20)29-27-18-5-3-15(11-23(18)53(39,40)41)51(34,35)9-7-43-49-47-45-31/h2-5,10-13,25,30-31H,6-9,24H2,1H3,(H,36,37,38)(H,39,40,41)/b28-26+,29-27+. The van der Waals surface area contributed by atoms with E-state index in [-0.39, 0.29) is 47.4 Å². The lowest BCUT2D eigenvalue weighted by Gasteiger charge is -2.10. The molecule has 0 aromatic heterocycles. The van der Waals surface area contributed by atoms with E-state index in [1.807, 2.05) is 0 Å². The third-order valence-corrected chi connectivity index (χ3v) is 12.0. The van der Waals surface area contributed by atoms with Gasteiger partial charge in [-0.25, -0.2) is 27.4 Å². The van der Waals surface area contributed by atoms with Crippen LogP contribution in [-0.4, -0.2) is 85.1 Å². The van der Waals surface area contributed by atoms with E-state index < -0.39 is 95.6 Å². The van der Waals surface area contributed by atoms with Crippen molar-refractivity contribution in [2.75, 3.05) is 42.8 Å². The summed E-state index contributed by atoms with van der Waals surface area (Å²) in [4.78, 5) is -2.96. The summed E-state index contributed by atoms with van der Waals surface area (Å²) in [5, 5.41) is 40.9. The summed E-state index contributed by atoms with van der Waals surface area (Å²) < 4.78 is 136. The van der Waals surface area contributed by atoms with E-state index in [0.717, 1.165) is 24.3 Å². The number of hydrogen-bond donors (Lipinski definition) is 6. The highest BCUT2D eigenvalue weighted by Gasteiger charge is 2.24. The molecule has 30 heteroatoms. The van der Waals surface area contributed by atoms with Gasteiger partial charge in [0.25, 0.3) is 20.2 Å². The fourth-order valence-corrected chi connectivity index (χ4v) is 8.10. The van der Waals surface area contributed by atoms with Gasteiger partial charge >= 0.3 is 0 Å². The number of nitrogen functional groups attached to an aromatic ring is 1. The summed E-state index contributed by atoms with van der Waals surface area (Å²) in [6, 6.07) is 7.57. The summed E-state index contributed by atoms with van der Waals surface area (Å²) >= 11 is 0.242. The number of azo groups is 2. The maximum Gasteiger partial charge on any atom is 0.296 e. The van der Waals surface area contributed by atoms with Gasteiger partial charge in [0.1, 0.15) is 32.5 Å². The highest BCUT2D eigenvalue weighted by atomic mass is 32.2. The van der Waals surface area contributed by atoms with Crippen molar-refractivity contribution in [1.82, 2.24) is 0 Å². The van der Waals surface area contributed by atoms with E-state index in [2.05, 4.69) is 44.5 Å². The lowest BCUT2D eigenvalue weighted by molar-refractivity contribution is -0.434. The predicted octanol–water partition coefficient (Wildman–Crippen LogP) is 4.18. The number of sulfone groups is 2. The van der Waals surface area contributed by atoms with Crippen LogP contribution < -0.4 is 11.1 Å². The summed E-state index contributed by atoms with van der Waals surface area (Å²) in [5.41, 5.74) is 4.91. The Morgan fingerprint density at radius 3 is 1.45 bits per heavy atom. The number of nitrogens with two attached hydrogens (primary N) is 1. The van der Waals surface area contributed by atoms with Gasteiger partial charge < -0.3 is 11.1 Å². The third-order valence-electron chi connectivity index (χ3n) is 6.17. The largest absolute Gasteiger partial charge is 0.397 e. The summed E-state index contributed by atoms with van der Waals surface area (Å²) in [6.45, 7) is -0.969. The van der Waals surface area contributed by atoms with Crippen molar-refractivity contribution >= 4 is 98.7 Å². The molecule has 0 aliphatic carbocycles. The Hall–Kier alpha value is -3.44. The number of benzene rings is 3. The Kier molecular flexibility index (Phi) is 16.0. The van der Waals surface area contributed by atoms with E-state index in [0.29, 0.717) is 12.1 Å². The molecule has 0 amide bonds. The smallest absolute Gasteiger partial charge is 0.296 e. The van der Waals surface area contributed by atoms with Crippen molar-refractivity contribution in [3.63, 3.8) is 0 Å². The van der Waals surface area contributed by atoms with Gasteiger partial charge in [0.05, 0.1) is 45.9 Å². The van der Waals surface area contributed by atoms with Gasteiger partial charge in [-0.2, -0.15) is 16.8 Å². The first-order valence-corrected chi connectivity index (χ1v) is 21.0. The SMILES string of the molecule is CNc1cc(N)c(/N=N/c2ccc(S(=O)(=O)CCOSOOO)cc2S(=O)(=O)O)cc1/N=N/c1ccc(S(=O)(=O)CCOSOOO)cc1S(=O)(=O)O. The number of hydrogen-bond acceptors (Lipinski definition) is 24. The van der Waals surface area contributed by atoms with Crippen LogP contribution in [-0.2, 0) is 67.0 Å². The van der Waals surface area contributed by atoms with Gasteiger partial charge in [0, 0.05) is 7.05 Å². The first-order chi connectivity index (χ1) is 24.8. The molecule has 53 heavy (non-hydrogen) atoms. The van der Waals surface area contributed by atoms with Gasteiger partial charge in [-0.05, 0) is 48.5 Å². The molecule has 0 bridgehead atoms. The first kappa shape index (κ1) is 44.0. The first-order valence-electron chi connectivity index (χ1n) is 13.5. The maximum absolute atomic E-state index is 12.7. The zero-order chi connectivity index (χ0) is 39.5. The Labute approximate surface area is 309 Å². The minimum atomic E-state index is -5.08. The Bertz CT molecular complexity index is 2270. The maximum atomic E-state index is 12.7. The molecule has 0 aliphatic heterocycles. The number of nitrogens with zero attached hydrogens (tertiary/aromatic N) is 4. The van der Waals surface area contributed by atoms with E-state index in [1.165, 1.54) is 19.2 Å². The molecule has 3 aromatic rings. The van der Waals surface area contributed by atoms with E-state index in [9.17, 15) is 42.8 Å². The van der Waals surface area contributed by atoms with Crippen molar-refractivity contribution in [3.05, 3.63) is 48.5 Å². The van der Waals surface area contributed by atoms with Crippen molar-refractivity contribution in [2.45, 2.75) is 19.6 Å². The van der Waals surface area contributed by atoms with Crippen LogP contribution in [0.15, 0.2) is 88.6 Å². The molecule has 3 rings (SSSR count). The van der Waals surface area contributed by atoms with Gasteiger partial charge in [-0.3, -0.25) is 17.5 Å². The van der Waals surface area contributed by atoms with Crippen LogP contribution >= 0.6 is 24.6 Å². The molecule has 0 radical (unpaired) electrons. The second-order valence-electron chi connectivity index (χ2n) is 9.49. The van der Waals surface area contributed by atoms with Crippen LogP contribution in [0.5, 0.6) is 0 Å². The zero-order valence-corrected chi connectivity index (χ0v) is 31.2. The van der Waals surface area contributed by atoms with E-state index in [4.69, 9.17) is 24.6 Å². The monoisotopic (exact) mass is 866 g/mol. The Morgan fingerprint density at radius 1 is 0.642 bits per heavy atom. The van der Waals surface area contributed by atoms with E-state index in [1.54, 1.807) is 0 Å². The van der Waals surface area contributed by atoms with Crippen molar-refractivity contribution in [1.29, 1.82) is 0 Å². The molecule has 0 unspecified atom stereocenters. The fraction of sp³-hybridized carbons (Fsp3) is 0.217. The second kappa shape index (κ2) is 19.2. The summed E-state index contributed by atoms with van der Waals surface area (Å²) in [6.07, 6.45) is 0. The molecular formula is C23H26N6O18S6. The molecule has 0 spiro atoms. The highest BCUT2D eigenvalue weighted by Crippen LogP contribution is 2.38. The quantitative estimate of drug-likeness (QED) is 0.0166. The predicted molar refractivity (Wildman–Crippen MR) is 182 cm³/mol. The van der Waals surface area contributed by atoms with Crippen LogP contribution in [0.3, 0.4) is 0 Å². The highest BCUT2D eigenvalue weighted by molar-refractivity contribution is 7.92. The molecule has 0 saturated heterocycles. The van der Waals surface area contributed by atoms with Gasteiger partial charge in [0.15, 0.2) is 44.3 Å². The topological polar surface area (TPSA) is 360 Å². The number of anilines is 2. The number of nitrogens with one attached hydrogen (secondary N) is 1. The van der Waals surface area contributed by atoms with E-state index >= 15 is 0 Å². The van der Waals surface area contributed by atoms with Crippen molar-refractivity contribution in [3.8, 4) is 0 Å². The van der Waals surface area contributed by atoms with Crippen LogP contribution in [0.2, 0.25) is 0 Å². The van der Waals surface area contributed by atoms with Gasteiger partial charge in [-0.15, -0.1) is 29.1 Å². The van der Waals surface area contributed by atoms with Crippen LogP contribution in [0.25, 0.3) is 0 Å². The second-order valence-corrected chi connectivity index (χ2v) is 17.5. The minimum Gasteiger partial charge on any atom is -0.397 e. The Morgan fingerprint density at radius 2 is 1.06 bits per heavy atom. The van der Waals surface area contributed by atoms with Gasteiger partial charge in [0.2, 0.25) is 0 Å². The molecule has 292 valence electrons. The molecule has 0 fully saturated rings. The normalized spacial score (nSPS) is 12.9. The zero-order valence-electron chi connectivity index (χ0n) is 26.3. The lowest BCUT2D eigenvalue weighted by atomic mass is 10.2. The third kappa shape index (κ3) is 12.8.